The van der Waals surface area contributed by atoms with Crippen molar-refractivity contribution in [3.05, 3.63) is 75.3 Å². The van der Waals surface area contributed by atoms with Gasteiger partial charge in [-0.05, 0) is 36.1 Å². The van der Waals surface area contributed by atoms with Crippen molar-refractivity contribution in [2.24, 2.45) is 0 Å². The van der Waals surface area contributed by atoms with Crippen molar-refractivity contribution < 1.29 is 9.72 Å². The number of nitro groups is 1. The number of nitro benzene ring substituents is 1. The maximum Gasteiger partial charge on any atom is 0.269 e. The zero-order chi connectivity index (χ0) is 19.9. The van der Waals surface area contributed by atoms with Gasteiger partial charge in [0, 0.05) is 38.3 Å². The van der Waals surface area contributed by atoms with Crippen LogP contribution in [0.4, 0.5) is 5.69 Å². The van der Waals surface area contributed by atoms with E-state index in [9.17, 15) is 14.9 Å². The highest BCUT2D eigenvalue weighted by Gasteiger charge is 2.23. The Morgan fingerprint density at radius 1 is 0.964 bits per heavy atom. The molecule has 1 aliphatic heterocycles. The second-order valence-electron chi connectivity index (χ2n) is 6.89. The van der Waals surface area contributed by atoms with Crippen molar-refractivity contribution in [1.29, 1.82) is 5.26 Å². The fraction of sp³-hybridized carbons (Fsp3) is 0.333. The second kappa shape index (κ2) is 9.11. The van der Waals surface area contributed by atoms with E-state index < -0.39 is 4.92 Å². The van der Waals surface area contributed by atoms with Gasteiger partial charge in [0.1, 0.15) is 0 Å². The van der Waals surface area contributed by atoms with Crippen molar-refractivity contribution in [1.82, 2.24) is 9.80 Å². The lowest BCUT2D eigenvalue weighted by atomic mass is 10.1. The molecule has 0 unspecified atom stereocenters. The minimum absolute atomic E-state index is 0.0794. The molecule has 0 saturated carbocycles. The third kappa shape index (κ3) is 5.15. The smallest absolute Gasteiger partial charge is 0.269 e. The third-order valence-corrected chi connectivity index (χ3v) is 5.02. The molecule has 0 aliphatic carbocycles. The Hall–Kier alpha value is -3.24. The normalized spacial score (nSPS) is 14.7. The molecule has 0 radical (unpaired) electrons. The van der Waals surface area contributed by atoms with E-state index in [2.05, 4.69) is 11.0 Å². The van der Waals surface area contributed by atoms with E-state index >= 15 is 0 Å². The highest BCUT2D eigenvalue weighted by atomic mass is 16.6. The van der Waals surface area contributed by atoms with Crippen molar-refractivity contribution in [3.8, 4) is 6.07 Å². The first kappa shape index (κ1) is 19.5. The van der Waals surface area contributed by atoms with Gasteiger partial charge in [0.2, 0.25) is 5.91 Å². The highest BCUT2D eigenvalue weighted by Crippen LogP contribution is 2.13. The Bertz CT molecular complexity index is 872. The van der Waals surface area contributed by atoms with Gasteiger partial charge in [0.05, 0.1) is 23.1 Å². The number of piperazine rings is 1. The Kier molecular flexibility index (Phi) is 6.35. The standard InChI is InChI=1S/C21H22N4O3/c22-15-19-3-1-17(2-4-19)9-11-23-13-14-24(21(26)16-23)12-10-18-5-7-20(8-6-18)25(27)28/h1-8H,9-14,16H2. The summed E-state index contributed by atoms with van der Waals surface area (Å²) in [6, 6.07) is 16.2. The van der Waals surface area contributed by atoms with Gasteiger partial charge in [-0.25, -0.2) is 0 Å². The molecule has 28 heavy (non-hydrogen) atoms. The predicted molar refractivity (Wildman–Crippen MR) is 105 cm³/mol. The molecule has 1 aliphatic rings. The molecule has 0 bridgehead atoms. The molecule has 2 aromatic carbocycles. The third-order valence-electron chi connectivity index (χ3n) is 5.02. The average Bonchev–Trinajstić information content (AvgIpc) is 2.72. The second-order valence-corrected chi connectivity index (χ2v) is 6.89. The Labute approximate surface area is 163 Å². The molecule has 7 heteroatoms. The summed E-state index contributed by atoms with van der Waals surface area (Å²) in [5.74, 6) is 0.119. The first-order valence-electron chi connectivity index (χ1n) is 9.27. The molecule has 0 spiro atoms. The molecule has 2 aromatic rings. The van der Waals surface area contributed by atoms with E-state index in [1.54, 1.807) is 12.1 Å². The zero-order valence-corrected chi connectivity index (χ0v) is 15.6. The Balaban J connectivity index is 1.43. The molecule has 0 N–H and O–H groups in total. The number of benzene rings is 2. The van der Waals surface area contributed by atoms with Gasteiger partial charge in [0.15, 0.2) is 0 Å². The summed E-state index contributed by atoms with van der Waals surface area (Å²) in [5, 5.41) is 19.5. The van der Waals surface area contributed by atoms with Gasteiger partial charge in [-0.2, -0.15) is 5.26 Å². The molecule has 1 saturated heterocycles. The fourth-order valence-corrected chi connectivity index (χ4v) is 3.27. The molecule has 7 nitrogen and oxygen atoms in total. The highest BCUT2D eigenvalue weighted by molar-refractivity contribution is 5.79. The van der Waals surface area contributed by atoms with Gasteiger partial charge < -0.3 is 4.90 Å². The number of carbonyl (C=O) groups excluding carboxylic acids is 1. The van der Waals surface area contributed by atoms with Crippen LogP contribution in [-0.2, 0) is 17.6 Å². The van der Waals surface area contributed by atoms with Gasteiger partial charge >= 0.3 is 0 Å². The molecular formula is C21H22N4O3. The largest absolute Gasteiger partial charge is 0.340 e. The quantitative estimate of drug-likeness (QED) is 0.545. The van der Waals surface area contributed by atoms with E-state index in [-0.39, 0.29) is 11.6 Å². The number of hydrogen-bond acceptors (Lipinski definition) is 5. The van der Waals surface area contributed by atoms with E-state index in [0.717, 1.165) is 30.6 Å². The van der Waals surface area contributed by atoms with Crippen LogP contribution in [0.2, 0.25) is 0 Å². The van der Waals surface area contributed by atoms with Crippen molar-refractivity contribution >= 4 is 11.6 Å². The summed E-state index contributed by atoms with van der Waals surface area (Å²) in [6.45, 7) is 3.38. The lowest BCUT2D eigenvalue weighted by Gasteiger charge is -2.34. The van der Waals surface area contributed by atoms with Crippen LogP contribution in [0.1, 0.15) is 16.7 Å². The first-order chi connectivity index (χ1) is 13.5. The summed E-state index contributed by atoms with van der Waals surface area (Å²) < 4.78 is 0. The summed E-state index contributed by atoms with van der Waals surface area (Å²) in [5.41, 5.74) is 2.88. The lowest BCUT2D eigenvalue weighted by molar-refractivity contribution is -0.384. The molecule has 1 fully saturated rings. The van der Waals surface area contributed by atoms with E-state index in [1.165, 1.54) is 12.1 Å². The number of hydrogen-bond donors (Lipinski definition) is 0. The van der Waals surface area contributed by atoms with Crippen LogP contribution in [0.15, 0.2) is 48.5 Å². The molecule has 1 heterocycles. The lowest BCUT2D eigenvalue weighted by Crippen LogP contribution is -2.51. The van der Waals surface area contributed by atoms with Crippen LogP contribution in [0.3, 0.4) is 0 Å². The van der Waals surface area contributed by atoms with Gasteiger partial charge in [-0.15, -0.1) is 0 Å². The van der Waals surface area contributed by atoms with Gasteiger partial charge in [-0.3, -0.25) is 19.8 Å². The predicted octanol–water partition coefficient (Wildman–Crippen LogP) is 2.40. The van der Waals surface area contributed by atoms with Crippen LogP contribution in [-0.4, -0.2) is 53.4 Å². The van der Waals surface area contributed by atoms with Gasteiger partial charge in [0.25, 0.3) is 5.69 Å². The summed E-state index contributed by atoms with van der Waals surface area (Å²) >= 11 is 0. The maximum atomic E-state index is 12.4. The van der Waals surface area contributed by atoms with Crippen LogP contribution in [0.25, 0.3) is 0 Å². The van der Waals surface area contributed by atoms with Crippen molar-refractivity contribution in [3.63, 3.8) is 0 Å². The van der Waals surface area contributed by atoms with Crippen LogP contribution < -0.4 is 0 Å². The fourth-order valence-electron chi connectivity index (χ4n) is 3.27. The zero-order valence-electron chi connectivity index (χ0n) is 15.6. The average molecular weight is 378 g/mol. The van der Waals surface area contributed by atoms with Crippen LogP contribution >= 0.6 is 0 Å². The molecule has 3 rings (SSSR count). The number of nitriles is 1. The van der Waals surface area contributed by atoms with Crippen LogP contribution in [0, 0.1) is 21.4 Å². The first-order valence-corrected chi connectivity index (χ1v) is 9.27. The molecular weight excluding hydrogens is 356 g/mol. The number of carbonyl (C=O) groups is 1. The van der Waals surface area contributed by atoms with Crippen molar-refractivity contribution in [2.75, 3.05) is 32.7 Å². The molecule has 0 atom stereocenters. The van der Waals surface area contributed by atoms with E-state index in [4.69, 9.17) is 5.26 Å². The topological polar surface area (TPSA) is 90.5 Å². The van der Waals surface area contributed by atoms with E-state index in [0.29, 0.717) is 31.6 Å². The minimum atomic E-state index is -0.412. The Morgan fingerprint density at radius 2 is 1.57 bits per heavy atom. The molecule has 0 aromatic heterocycles. The minimum Gasteiger partial charge on any atom is -0.340 e. The summed E-state index contributed by atoms with van der Waals surface area (Å²) in [6.07, 6.45) is 1.54. The molecule has 1 amide bonds. The molecule has 144 valence electrons. The number of non-ortho nitro benzene ring substituents is 1. The maximum absolute atomic E-state index is 12.4. The number of rotatable bonds is 7. The van der Waals surface area contributed by atoms with Crippen molar-refractivity contribution in [2.45, 2.75) is 12.8 Å². The number of nitrogens with zero attached hydrogens (tertiary/aromatic N) is 4. The summed E-state index contributed by atoms with van der Waals surface area (Å²) in [4.78, 5) is 26.7. The van der Waals surface area contributed by atoms with E-state index in [1.807, 2.05) is 29.2 Å². The Morgan fingerprint density at radius 3 is 2.14 bits per heavy atom. The number of amides is 1. The van der Waals surface area contributed by atoms with Crippen LogP contribution in [0.5, 0.6) is 0 Å². The van der Waals surface area contributed by atoms with Gasteiger partial charge in [-0.1, -0.05) is 24.3 Å². The SMILES string of the molecule is N#Cc1ccc(CCN2CCN(CCc3ccc([N+](=O)[O-])cc3)C(=O)C2)cc1. The summed E-state index contributed by atoms with van der Waals surface area (Å²) in [7, 11) is 0. The monoisotopic (exact) mass is 378 g/mol.